The van der Waals surface area contributed by atoms with E-state index >= 15 is 0 Å². The van der Waals surface area contributed by atoms with Gasteiger partial charge in [0.25, 0.3) is 5.91 Å². The summed E-state index contributed by atoms with van der Waals surface area (Å²) in [4.78, 5) is 24.4. The molecule has 0 aromatic heterocycles. The van der Waals surface area contributed by atoms with Crippen LogP contribution in [0.1, 0.15) is 50.4 Å². The molecule has 0 unspecified atom stereocenters. The second-order valence-corrected chi connectivity index (χ2v) is 6.82. The van der Waals surface area contributed by atoms with Gasteiger partial charge in [-0.25, -0.2) is 4.79 Å². The molecule has 0 radical (unpaired) electrons. The summed E-state index contributed by atoms with van der Waals surface area (Å²) in [5.74, 6) is 0.189. The molecule has 0 aliphatic heterocycles. The van der Waals surface area contributed by atoms with Gasteiger partial charge in [-0.05, 0) is 37.3 Å². The lowest BCUT2D eigenvalue weighted by Gasteiger charge is -2.35. The Balaban J connectivity index is 1.92. The van der Waals surface area contributed by atoms with Crippen LogP contribution in [0.3, 0.4) is 0 Å². The second-order valence-electron chi connectivity index (χ2n) is 6.41. The zero-order valence-corrected chi connectivity index (χ0v) is 14.6. The van der Waals surface area contributed by atoms with Crippen LogP contribution in [0.2, 0.25) is 5.02 Å². The number of carbonyl (C=O) groups excluding carboxylic acids is 2. The largest absolute Gasteiger partial charge is 0.449 e. The number of halogens is 1. The molecular formula is C18H24ClNO3. The summed E-state index contributed by atoms with van der Waals surface area (Å²) in [5.41, 5.74) is 0.272. The first-order valence-corrected chi connectivity index (χ1v) is 8.53. The molecule has 1 amide bonds. The Kier molecular flexibility index (Phi) is 6.05. The number of benzene rings is 1. The lowest BCUT2D eigenvalue weighted by molar-refractivity contribution is -0.130. The van der Waals surface area contributed by atoms with E-state index in [-0.39, 0.29) is 17.5 Å². The molecule has 1 N–H and O–H groups in total. The molecule has 1 saturated carbocycles. The maximum Gasteiger partial charge on any atom is 0.340 e. The Hall–Kier alpha value is -1.55. The molecule has 0 saturated heterocycles. The molecule has 5 heteroatoms. The van der Waals surface area contributed by atoms with Gasteiger partial charge < -0.3 is 10.1 Å². The minimum Gasteiger partial charge on any atom is -0.449 e. The van der Waals surface area contributed by atoms with Gasteiger partial charge in [-0.2, -0.15) is 0 Å². The highest BCUT2D eigenvalue weighted by Crippen LogP contribution is 2.29. The molecule has 23 heavy (non-hydrogen) atoms. The molecule has 0 heterocycles. The average molecular weight is 338 g/mol. The Bertz CT molecular complexity index is 575. The fourth-order valence-electron chi connectivity index (χ4n) is 2.99. The first kappa shape index (κ1) is 17.8. The SMILES string of the molecule is C[C@H]1[C@@H](NC(=O)[C@@H](C)OC(=O)c2ccccc2Cl)CCC[C@@H]1C. The number of ether oxygens (including phenoxy) is 1. The van der Waals surface area contributed by atoms with Crippen molar-refractivity contribution < 1.29 is 14.3 Å². The zero-order chi connectivity index (χ0) is 17.0. The minimum atomic E-state index is -0.844. The van der Waals surface area contributed by atoms with Gasteiger partial charge >= 0.3 is 5.97 Å². The predicted octanol–water partition coefficient (Wildman–Crippen LogP) is 3.83. The lowest BCUT2D eigenvalue weighted by atomic mass is 9.78. The number of esters is 1. The van der Waals surface area contributed by atoms with Crippen LogP contribution in [-0.4, -0.2) is 24.0 Å². The molecule has 4 atom stereocenters. The van der Waals surface area contributed by atoms with Crippen molar-refractivity contribution in [2.24, 2.45) is 11.8 Å². The van der Waals surface area contributed by atoms with Crippen LogP contribution in [0.4, 0.5) is 0 Å². The number of rotatable bonds is 4. The van der Waals surface area contributed by atoms with E-state index in [0.717, 1.165) is 12.8 Å². The predicted molar refractivity (Wildman–Crippen MR) is 90.4 cm³/mol. The van der Waals surface area contributed by atoms with Crippen LogP contribution in [0, 0.1) is 11.8 Å². The van der Waals surface area contributed by atoms with E-state index in [1.54, 1.807) is 31.2 Å². The third-order valence-corrected chi connectivity index (χ3v) is 5.11. The van der Waals surface area contributed by atoms with Gasteiger partial charge in [-0.1, -0.05) is 50.4 Å². The van der Waals surface area contributed by atoms with Crippen LogP contribution < -0.4 is 5.32 Å². The molecule has 1 aromatic carbocycles. The van der Waals surface area contributed by atoms with Gasteiger partial charge in [0.05, 0.1) is 10.6 Å². The minimum absolute atomic E-state index is 0.146. The van der Waals surface area contributed by atoms with Crippen LogP contribution in [-0.2, 0) is 9.53 Å². The van der Waals surface area contributed by atoms with Crippen molar-refractivity contribution in [2.45, 2.75) is 52.2 Å². The van der Waals surface area contributed by atoms with E-state index < -0.39 is 12.1 Å². The van der Waals surface area contributed by atoms with Gasteiger partial charge in [-0.15, -0.1) is 0 Å². The van der Waals surface area contributed by atoms with Gasteiger partial charge in [0.15, 0.2) is 6.10 Å². The second kappa shape index (κ2) is 7.82. The van der Waals surface area contributed by atoms with E-state index in [9.17, 15) is 9.59 Å². The average Bonchev–Trinajstić information content (AvgIpc) is 2.52. The standard InChI is InChI=1S/C18H24ClNO3/c1-11-7-6-10-16(12(11)2)20-17(21)13(3)23-18(22)14-8-4-5-9-15(14)19/h4-5,8-9,11-13,16H,6-7,10H2,1-3H3,(H,20,21)/t11-,12+,13+,16-/m0/s1. The molecule has 4 nitrogen and oxygen atoms in total. The third kappa shape index (κ3) is 4.47. The summed E-state index contributed by atoms with van der Waals surface area (Å²) in [6.45, 7) is 5.96. The molecule has 2 rings (SSSR count). The maximum atomic E-state index is 12.3. The molecule has 1 aromatic rings. The highest BCUT2D eigenvalue weighted by Gasteiger charge is 2.30. The Morgan fingerprint density at radius 1 is 1.26 bits per heavy atom. The molecule has 0 bridgehead atoms. The van der Waals surface area contributed by atoms with Gasteiger partial charge in [0, 0.05) is 6.04 Å². The van der Waals surface area contributed by atoms with E-state index in [1.165, 1.54) is 6.42 Å². The number of carbonyl (C=O) groups is 2. The molecule has 1 fully saturated rings. The van der Waals surface area contributed by atoms with E-state index in [0.29, 0.717) is 16.9 Å². The van der Waals surface area contributed by atoms with Crippen molar-refractivity contribution in [1.82, 2.24) is 5.32 Å². The molecule has 1 aliphatic carbocycles. The normalized spacial score (nSPS) is 25.5. The summed E-state index contributed by atoms with van der Waals surface area (Å²) in [6.07, 6.45) is 2.44. The first-order chi connectivity index (χ1) is 10.9. The van der Waals surface area contributed by atoms with Crippen LogP contribution in [0.5, 0.6) is 0 Å². The summed E-state index contributed by atoms with van der Waals surface area (Å²) in [7, 11) is 0. The smallest absolute Gasteiger partial charge is 0.340 e. The zero-order valence-electron chi connectivity index (χ0n) is 13.8. The maximum absolute atomic E-state index is 12.3. The molecular weight excluding hydrogens is 314 g/mol. The van der Waals surface area contributed by atoms with Crippen molar-refractivity contribution in [3.63, 3.8) is 0 Å². The quantitative estimate of drug-likeness (QED) is 0.849. The first-order valence-electron chi connectivity index (χ1n) is 8.16. The highest BCUT2D eigenvalue weighted by molar-refractivity contribution is 6.33. The number of amides is 1. The molecule has 0 spiro atoms. The van der Waals surface area contributed by atoms with Crippen molar-refractivity contribution in [2.75, 3.05) is 0 Å². The highest BCUT2D eigenvalue weighted by atomic mass is 35.5. The summed E-state index contributed by atoms with van der Waals surface area (Å²) >= 11 is 5.97. The van der Waals surface area contributed by atoms with Gasteiger partial charge in [0.1, 0.15) is 0 Å². The van der Waals surface area contributed by atoms with E-state index in [4.69, 9.17) is 16.3 Å². The van der Waals surface area contributed by atoms with Gasteiger partial charge in [0.2, 0.25) is 0 Å². The van der Waals surface area contributed by atoms with Crippen molar-refractivity contribution in [1.29, 1.82) is 0 Å². The van der Waals surface area contributed by atoms with Crippen molar-refractivity contribution >= 4 is 23.5 Å². The number of nitrogens with one attached hydrogen (secondary N) is 1. The van der Waals surface area contributed by atoms with Gasteiger partial charge in [-0.3, -0.25) is 4.79 Å². The summed E-state index contributed by atoms with van der Waals surface area (Å²) in [6, 6.07) is 6.79. The van der Waals surface area contributed by atoms with Crippen LogP contribution in [0.15, 0.2) is 24.3 Å². The van der Waals surface area contributed by atoms with Crippen LogP contribution >= 0.6 is 11.6 Å². The third-order valence-electron chi connectivity index (χ3n) is 4.78. The number of hydrogen-bond donors (Lipinski definition) is 1. The Morgan fingerprint density at radius 2 is 1.96 bits per heavy atom. The Morgan fingerprint density at radius 3 is 2.65 bits per heavy atom. The summed E-state index contributed by atoms with van der Waals surface area (Å²) in [5, 5.41) is 3.34. The number of hydrogen-bond acceptors (Lipinski definition) is 3. The molecule has 126 valence electrons. The lowest BCUT2D eigenvalue weighted by Crippen LogP contribution is -2.47. The molecule has 1 aliphatic rings. The monoisotopic (exact) mass is 337 g/mol. The topological polar surface area (TPSA) is 55.4 Å². The van der Waals surface area contributed by atoms with E-state index in [1.807, 2.05) is 0 Å². The van der Waals surface area contributed by atoms with E-state index in [2.05, 4.69) is 19.2 Å². The fraction of sp³-hybridized carbons (Fsp3) is 0.556. The Labute approximate surface area is 142 Å². The van der Waals surface area contributed by atoms with Crippen molar-refractivity contribution in [3.8, 4) is 0 Å². The van der Waals surface area contributed by atoms with Crippen LogP contribution in [0.25, 0.3) is 0 Å². The van der Waals surface area contributed by atoms with Crippen molar-refractivity contribution in [3.05, 3.63) is 34.9 Å². The fourth-order valence-corrected chi connectivity index (χ4v) is 3.20. The summed E-state index contributed by atoms with van der Waals surface area (Å²) < 4.78 is 5.25.